The first-order valence-electron chi connectivity index (χ1n) is 10.2. The first-order chi connectivity index (χ1) is 15.1. The van der Waals surface area contributed by atoms with Gasteiger partial charge in [-0.2, -0.15) is 0 Å². The number of sulfonamides is 1. The topological polar surface area (TPSA) is 84.3 Å². The highest BCUT2D eigenvalue weighted by Gasteiger charge is 2.21. The Hall–Kier alpha value is -2.62. The number of anilines is 1. The number of para-hydroxylation sites is 1. The molecule has 0 bridgehead atoms. The van der Waals surface area contributed by atoms with Gasteiger partial charge in [0, 0.05) is 32.2 Å². The summed E-state index contributed by atoms with van der Waals surface area (Å²) in [7, 11) is -0.638. The van der Waals surface area contributed by atoms with Crippen LogP contribution in [-0.4, -0.2) is 47.5 Å². The van der Waals surface area contributed by atoms with Gasteiger partial charge in [-0.15, -0.1) is 0 Å². The second-order valence-electron chi connectivity index (χ2n) is 7.86. The average molecular weight is 473 g/mol. The Morgan fingerprint density at radius 1 is 1.09 bits per heavy atom. The van der Waals surface area contributed by atoms with Gasteiger partial charge in [-0.25, -0.2) is 17.7 Å². The van der Waals surface area contributed by atoms with E-state index in [2.05, 4.69) is 30.2 Å². The standard InChI is InChI=1S/C23H28N4O3S2/c1-16(2)20-11-6-7-12-21(20)27-14-13-24-23(27)31-17(3)22(28)25-18-9-8-10-19(15-18)32(29,30)26(4)5/h6-17H,1-5H3,(H,25,28)/t17-/m1/s1. The van der Waals surface area contributed by atoms with Gasteiger partial charge in [-0.1, -0.05) is 49.9 Å². The number of amides is 1. The summed E-state index contributed by atoms with van der Waals surface area (Å²) in [5.74, 6) is 0.110. The van der Waals surface area contributed by atoms with Crippen LogP contribution in [0.25, 0.3) is 5.69 Å². The van der Waals surface area contributed by atoms with Crippen LogP contribution in [0.3, 0.4) is 0 Å². The van der Waals surface area contributed by atoms with E-state index in [1.54, 1.807) is 25.3 Å². The summed E-state index contributed by atoms with van der Waals surface area (Å²) in [4.78, 5) is 17.4. The maximum Gasteiger partial charge on any atom is 0.242 e. The molecule has 0 aliphatic heterocycles. The Morgan fingerprint density at radius 3 is 2.50 bits per heavy atom. The number of thioether (sulfide) groups is 1. The monoisotopic (exact) mass is 472 g/mol. The maximum absolute atomic E-state index is 12.8. The molecule has 0 fully saturated rings. The molecule has 1 amide bonds. The fourth-order valence-corrected chi connectivity index (χ4v) is 4.98. The third-order valence-corrected chi connectivity index (χ3v) is 7.85. The molecular weight excluding hydrogens is 444 g/mol. The third kappa shape index (κ3) is 5.23. The number of nitrogens with one attached hydrogen (secondary N) is 1. The zero-order chi connectivity index (χ0) is 23.5. The Bertz CT molecular complexity index is 1200. The van der Waals surface area contributed by atoms with Gasteiger partial charge in [0.25, 0.3) is 0 Å². The van der Waals surface area contributed by atoms with Crippen molar-refractivity contribution in [1.82, 2.24) is 13.9 Å². The third-order valence-electron chi connectivity index (χ3n) is 4.96. The van der Waals surface area contributed by atoms with Crippen LogP contribution in [0.1, 0.15) is 32.3 Å². The second kappa shape index (κ2) is 9.89. The molecule has 1 N–H and O–H groups in total. The molecule has 0 spiro atoms. The zero-order valence-electron chi connectivity index (χ0n) is 18.8. The second-order valence-corrected chi connectivity index (χ2v) is 11.3. The van der Waals surface area contributed by atoms with Crippen LogP contribution >= 0.6 is 11.8 Å². The van der Waals surface area contributed by atoms with E-state index in [4.69, 9.17) is 0 Å². The van der Waals surface area contributed by atoms with Crippen LogP contribution in [-0.2, 0) is 14.8 Å². The van der Waals surface area contributed by atoms with Crippen molar-refractivity contribution in [3.05, 3.63) is 66.5 Å². The summed E-state index contributed by atoms with van der Waals surface area (Å²) in [5.41, 5.74) is 2.67. The quantitative estimate of drug-likeness (QED) is 0.492. The van der Waals surface area contributed by atoms with Crippen molar-refractivity contribution >= 4 is 33.4 Å². The lowest BCUT2D eigenvalue weighted by Crippen LogP contribution is -2.24. The average Bonchev–Trinajstić information content (AvgIpc) is 3.21. The molecule has 0 unspecified atom stereocenters. The van der Waals surface area contributed by atoms with Crippen molar-refractivity contribution in [2.75, 3.05) is 19.4 Å². The van der Waals surface area contributed by atoms with Crippen molar-refractivity contribution in [2.24, 2.45) is 0 Å². The number of carbonyl (C=O) groups excluding carboxylic acids is 1. The van der Waals surface area contributed by atoms with Crippen LogP contribution in [0.15, 0.2) is 71.0 Å². The van der Waals surface area contributed by atoms with E-state index in [-0.39, 0.29) is 10.8 Å². The number of rotatable bonds is 8. The maximum atomic E-state index is 12.8. The fraction of sp³-hybridized carbons (Fsp3) is 0.304. The van der Waals surface area contributed by atoms with E-state index in [1.165, 1.54) is 43.6 Å². The lowest BCUT2D eigenvalue weighted by Gasteiger charge is -2.17. The number of carbonyl (C=O) groups is 1. The van der Waals surface area contributed by atoms with Crippen LogP contribution in [0.5, 0.6) is 0 Å². The Balaban J connectivity index is 1.77. The highest BCUT2D eigenvalue weighted by molar-refractivity contribution is 8.00. The number of hydrogen-bond donors (Lipinski definition) is 1. The molecule has 2 aromatic carbocycles. The molecule has 1 atom stereocenters. The molecule has 0 aliphatic rings. The highest BCUT2D eigenvalue weighted by Crippen LogP contribution is 2.29. The minimum Gasteiger partial charge on any atom is -0.325 e. The molecule has 3 rings (SSSR count). The van der Waals surface area contributed by atoms with Gasteiger partial charge in [0.15, 0.2) is 5.16 Å². The molecule has 9 heteroatoms. The molecule has 32 heavy (non-hydrogen) atoms. The van der Waals surface area contributed by atoms with Gasteiger partial charge >= 0.3 is 0 Å². The van der Waals surface area contributed by atoms with E-state index < -0.39 is 15.3 Å². The molecule has 0 radical (unpaired) electrons. The molecule has 0 aliphatic carbocycles. The highest BCUT2D eigenvalue weighted by atomic mass is 32.2. The van der Waals surface area contributed by atoms with Gasteiger partial charge in [0.05, 0.1) is 15.8 Å². The summed E-state index contributed by atoms with van der Waals surface area (Å²) in [6.45, 7) is 6.08. The molecule has 3 aromatic rings. The molecule has 1 heterocycles. The minimum atomic E-state index is -3.58. The van der Waals surface area contributed by atoms with E-state index in [9.17, 15) is 13.2 Å². The lowest BCUT2D eigenvalue weighted by atomic mass is 10.0. The van der Waals surface area contributed by atoms with E-state index in [0.29, 0.717) is 16.8 Å². The fourth-order valence-electron chi connectivity index (χ4n) is 3.16. The number of benzene rings is 2. The van der Waals surface area contributed by atoms with Crippen LogP contribution in [0.2, 0.25) is 0 Å². The van der Waals surface area contributed by atoms with Gasteiger partial charge < -0.3 is 5.32 Å². The molecule has 0 saturated carbocycles. The summed E-state index contributed by atoms with van der Waals surface area (Å²) >= 11 is 1.35. The van der Waals surface area contributed by atoms with Crippen LogP contribution in [0, 0.1) is 0 Å². The summed E-state index contributed by atoms with van der Waals surface area (Å²) in [6, 6.07) is 14.4. The Labute approximate surface area is 193 Å². The normalized spacial score (nSPS) is 12.8. The van der Waals surface area contributed by atoms with Crippen molar-refractivity contribution in [3.8, 4) is 5.69 Å². The number of imidazole rings is 1. The van der Waals surface area contributed by atoms with E-state index in [0.717, 1.165) is 9.99 Å². The molecule has 0 saturated heterocycles. The van der Waals surface area contributed by atoms with Gasteiger partial charge in [-0.05, 0) is 42.7 Å². The molecular formula is C23H28N4O3S2. The van der Waals surface area contributed by atoms with Gasteiger partial charge in [0.2, 0.25) is 15.9 Å². The first-order valence-corrected chi connectivity index (χ1v) is 12.6. The van der Waals surface area contributed by atoms with Gasteiger partial charge in [0.1, 0.15) is 0 Å². The van der Waals surface area contributed by atoms with Crippen molar-refractivity contribution < 1.29 is 13.2 Å². The Kier molecular flexibility index (Phi) is 7.43. The minimum absolute atomic E-state index is 0.126. The summed E-state index contributed by atoms with van der Waals surface area (Å²) in [6.07, 6.45) is 3.61. The zero-order valence-corrected chi connectivity index (χ0v) is 20.4. The van der Waals surface area contributed by atoms with Crippen LogP contribution < -0.4 is 5.32 Å². The number of hydrogen-bond acceptors (Lipinski definition) is 5. The largest absolute Gasteiger partial charge is 0.325 e. The number of nitrogens with zero attached hydrogens (tertiary/aromatic N) is 3. The van der Waals surface area contributed by atoms with E-state index >= 15 is 0 Å². The summed E-state index contributed by atoms with van der Waals surface area (Å²) in [5, 5.41) is 3.08. The number of aromatic nitrogens is 2. The Morgan fingerprint density at radius 2 is 1.81 bits per heavy atom. The first kappa shape index (κ1) is 24.0. The predicted molar refractivity (Wildman–Crippen MR) is 129 cm³/mol. The molecule has 7 nitrogen and oxygen atoms in total. The van der Waals surface area contributed by atoms with Crippen molar-refractivity contribution in [2.45, 2.75) is 42.0 Å². The van der Waals surface area contributed by atoms with E-state index in [1.807, 2.05) is 29.0 Å². The van der Waals surface area contributed by atoms with Crippen molar-refractivity contribution in [3.63, 3.8) is 0 Å². The smallest absolute Gasteiger partial charge is 0.242 e. The van der Waals surface area contributed by atoms with Gasteiger partial charge in [-0.3, -0.25) is 9.36 Å². The molecule has 170 valence electrons. The SMILES string of the molecule is CC(C)c1ccccc1-n1ccnc1S[C@H](C)C(=O)Nc1cccc(S(=O)(=O)N(C)C)c1. The lowest BCUT2D eigenvalue weighted by molar-refractivity contribution is -0.115. The summed E-state index contributed by atoms with van der Waals surface area (Å²) < 4.78 is 27.9. The molecule has 1 aromatic heterocycles. The van der Waals surface area contributed by atoms with Crippen LogP contribution in [0.4, 0.5) is 5.69 Å². The predicted octanol–water partition coefficient (Wildman–Crippen LogP) is 4.37. The van der Waals surface area contributed by atoms with Crippen molar-refractivity contribution in [1.29, 1.82) is 0 Å².